The van der Waals surface area contributed by atoms with E-state index in [1.165, 1.54) is 24.8 Å². The Morgan fingerprint density at radius 3 is 2.49 bits per heavy atom. The number of nitrogens with zero attached hydrogens (tertiary/aromatic N) is 6. The number of H-pyrrole nitrogens is 1. The molecule has 0 saturated carbocycles. The largest absolute Gasteiger partial charge is 0.374 e. The zero-order chi connectivity index (χ0) is 41.3. The van der Waals surface area contributed by atoms with Gasteiger partial charge in [-0.2, -0.15) is 5.10 Å². The van der Waals surface area contributed by atoms with E-state index in [0.717, 1.165) is 84.5 Å². The second kappa shape index (κ2) is 21.9. The van der Waals surface area contributed by atoms with E-state index in [2.05, 4.69) is 80.0 Å². The Balaban J connectivity index is 0.000000198. The fraction of sp³-hybridized carbons (Fsp3) is 0.409. The average molecular weight is 789 g/mol. The van der Waals surface area contributed by atoms with Crippen molar-refractivity contribution in [1.82, 2.24) is 30.2 Å². The molecule has 0 bridgehead atoms. The summed E-state index contributed by atoms with van der Waals surface area (Å²) in [6, 6.07) is 6.16. The molecule has 1 amide bonds. The number of likely N-dealkylation sites (tertiary alicyclic amines) is 1. The van der Waals surface area contributed by atoms with Gasteiger partial charge >= 0.3 is 0 Å². The normalized spacial score (nSPS) is 20.1. The van der Waals surface area contributed by atoms with Crippen molar-refractivity contribution in [3.05, 3.63) is 113 Å². The van der Waals surface area contributed by atoms with Crippen molar-refractivity contribution in [3.63, 3.8) is 0 Å². The van der Waals surface area contributed by atoms with Crippen molar-refractivity contribution in [2.45, 2.75) is 59.3 Å². The third-order valence-electron chi connectivity index (χ3n) is 10.3. The van der Waals surface area contributed by atoms with Crippen molar-refractivity contribution < 1.29 is 22.4 Å². The number of piperazine rings is 1. The third kappa shape index (κ3) is 12.6. The zero-order valence-electron chi connectivity index (χ0n) is 33.5. The van der Waals surface area contributed by atoms with E-state index in [1.807, 2.05) is 54.7 Å². The Morgan fingerprint density at radius 2 is 1.84 bits per heavy atom. The molecule has 2 saturated heterocycles. The van der Waals surface area contributed by atoms with E-state index in [4.69, 9.17) is 0 Å². The van der Waals surface area contributed by atoms with Crippen LogP contribution in [0, 0.1) is 11.2 Å². The van der Waals surface area contributed by atoms with Crippen LogP contribution in [-0.2, 0) is 4.79 Å². The lowest BCUT2D eigenvalue weighted by atomic mass is 9.83. The first-order chi connectivity index (χ1) is 27.5. The van der Waals surface area contributed by atoms with E-state index in [1.54, 1.807) is 12.1 Å². The van der Waals surface area contributed by atoms with Crippen molar-refractivity contribution in [1.29, 1.82) is 0 Å². The number of aromatic nitrogens is 2. The highest BCUT2D eigenvalue weighted by atomic mass is 19.3. The maximum absolute atomic E-state index is 13.2. The second-order valence-electron chi connectivity index (χ2n) is 14.3. The van der Waals surface area contributed by atoms with Crippen molar-refractivity contribution in [2.75, 3.05) is 52.5 Å². The minimum Gasteiger partial charge on any atom is -0.374 e. The third-order valence-corrected chi connectivity index (χ3v) is 10.3. The lowest BCUT2D eigenvalue weighted by molar-refractivity contribution is -0.122. The predicted octanol–water partition coefficient (Wildman–Crippen LogP) is 7.06. The first-order valence-corrected chi connectivity index (χ1v) is 19.4. The molecule has 1 unspecified atom stereocenters. The molecular formula is C44H56F4N8O. The van der Waals surface area contributed by atoms with Crippen LogP contribution in [-0.4, -0.2) is 102 Å². The van der Waals surface area contributed by atoms with Gasteiger partial charge in [-0.15, -0.1) is 0 Å². The molecule has 0 spiro atoms. The van der Waals surface area contributed by atoms with Crippen molar-refractivity contribution >= 4 is 30.6 Å². The monoisotopic (exact) mass is 788 g/mol. The minimum absolute atomic E-state index is 0.283. The number of fused-ring (bicyclic) bond motifs is 1. The molecule has 0 radical (unpaired) electrons. The number of amides is 1. The van der Waals surface area contributed by atoms with Gasteiger partial charge in [0.05, 0.1) is 11.0 Å². The van der Waals surface area contributed by atoms with Gasteiger partial charge in [-0.3, -0.25) is 9.89 Å². The molecule has 4 aliphatic rings. The summed E-state index contributed by atoms with van der Waals surface area (Å²) in [5, 5.41) is 11.7. The van der Waals surface area contributed by atoms with Gasteiger partial charge in [0.25, 0.3) is 5.92 Å². The number of carbonyl (C=O) groups excluding carboxylic acids is 1. The topological polar surface area (TPSA) is 92.2 Å². The van der Waals surface area contributed by atoms with E-state index in [0.29, 0.717) is 32.3 Å². The van der Waals surface area contributed by atoms with Gasteiger partial charge in [0.2, 0.25) is 6.41 Å². The van der Waals surface area contributed by atoms with Crippen LogP contribution in [0.3, 0.4) is 0 Å². The zero-order valence-corrected chi connectivity index (χ0v) is 33.5. The quantitative estimate of drug-likeness (QED) is 0.137. The first kappa shape index (κ1) is 44.4. The number of aliphatic imine (C=N–C) groups is 2. The molecule has 2 fully saturated rings. The van der Waals surface area contributed by atoms with Crippen LogP contribution < -0.4 is 15.9 Å². The van der Waals surface area contributed by atoms with Crippen LogP contribution in [0.4, 0.5) is 17.6 Å². The van der Waals surface area contributed by atoms with E-state index in [-0.39, 0.29) is 5.82 Å². The molecule has 306 valence electrons. The molecular weight excluding hydrogens is 733 g/mol. The molecule has 2 aromatic rings. The molecule has 1 aromatic heterocycles. The number of amidine groups is 1. The number of rotatable bonds is 12. The van der Waals surface area contributed by atoms with Crippen LogP contribution in [0.25, 0.3) is 23.4 Å². The standard InChI is InChI=1S/C20H28N4.C15H12FN3O.C9H16F3N/c1-4-9-19(24-16-14-23(5-2)15-17-24)11-8-10-18(3)20-21-12-6-7-13-22-20;16-11-6-4-10(5-7-11)15-13-8-12(17-9-20)2-1-3-14(13)18-19-15;1-3-13-5-4-8(2,7-13)9(11,12)6-10/h4-6,9-13H,2,7-8,14-17H2,1,3H3;2-9,18H,1H2,(H,17,20);3-7H2,1-2H3/b9-4-,18-10+,19-11?;;. The highest BCUT2D eigenvalue weighted by molar-refractivity contribution is 6.03. The molecule has 2 N–H and O–H groups in total. The maximum Gasteiger partial charge on any atom is 0.282 e. The predicted molar refractivity (Wildman–Crippen MR) is 224 cm³/mol. The Bertz CT molecular complexity index is 1990. The summed E-state index contributed by atoms with van der Waals surface area (Å²) in [4.78, 5) is 26.0. The molecule has 1 aliphatic carbocycles. The van der Waals surface area contributed by atoms with Gasteiger partial charge in [-0.25, -0.2) is 27.5 Å². The number of aromatic amines is 1. The number of allylic oxidation sites excluding steroid dienone is 7. The number of nitrogens with one attached hydrogen (secondary N) is 2. The van der Waals surface area contributed by atoms with E-state index < -0.39 is 18.0 Å². The summed E-state index contributed by atoms with van der Waals surface area (Å²) >= 11 is 0. The summed E-state index contributed by atoms with van der Waals surface area (Å²) in [5.41, 5.74) is 3.51. The number of hydrogen-bond donors (Lipinski definition) is 2. The fourth-order valence-corrected chi connectivity index (χ4v) is 6.67. The molecule has 4 heterocycles. The van der Waals surface area contributed by atoms with E-state index in [9.17, 15) is 22.4 Å². The number of benzene rings is 1. The SMILES string of the molecule is C=CN1CCN(C(=CC/C=C(\C)C2=NC=CCC=N2)/C=C\C)CC1.CCN1CCC(C)(C(F)(F)CF)C1.O=CNC1=CCC=c2[nH]nc(-c3ccc(F)cc3)c2=C1. The van der Waals surface area contributed by atoms with Gasteiger partial charge in [-0.05, 0) is 94.4 Å². The summed E-state index contributed by atoms with van der Waals surface area (Å²) in [6.07, 6.45) is 25.7. The molecule has 1 atom stereocenters. The van der Waals surface area contributed by atoms with Crippen LogP contribution in [0.15, 0.2) is 107 Å². The van der Waals surface area contributed by atoms with Gasteiger partial charge in [-0.1, -0.05) is 56.9 Å². The summed E-state index contributed by atoms with van der Waals surface area (Å²) in [5.74, 6) is -2.64. The Labute approximate surface area is 334 Å². The summed E-state index contributed by atoms with van der Waals surface area (Å²) < 4.78 is 51.4. The average Bonchev–Trinajstić information content (AvgIpc) is 3.61. The fourth-order valence-electron chi connectivity index (χ4n) is 6.67. The molecule has 1 aromatic carbocycles. The van der Waals surface area contributed by atoms with E-state index >= 15 is 0 Å². The molecule has 13 heteroatoms. The Hall–Kier alpha value is -5.30. The van der Waals surface area contributed by atoms with Gasteiger partial charge in [0, 0.05) is 79.2 Å². The molecule has 6 rings (SSSR count). The van der Waals surface area contributed by atoms with Crippen LogP contribution in [0.1, 0.15) is 53.4 Å². The Kier molecular flexibility index (Phi) is 17.0. The number of halogens is 4. The van der Waals surface area contributed by atoms with Crippen molar-refractivity contribution in [2.24, 2.45) is 15.4 Å². The van der Waals surface area contributed by atoms with Crippen molar-refractivity contribution in [3.8, 4) is 11.3 Å². The van der Waals surface area contributed by atoms with Gasteiger partial charge in [0.15, 0.2) is 12.5 Å². The highest BCUT2D eigenvalue weighted by Gasteiger charge is 2.53. The molecule has 3 aliphatic heterocycles. The lowest BCUT2D eigenvalue weighted by Crippen LogP contribution is -2.43. The van der Waals surface area contributed by atoms with Gasteiger partial charge < -0.3 is 20.0 Å². The van der Waals surface area contributed by atoms with Gasteiger partial charge in [0.1, 0.15) is 5.82 Å². The highest BCUT2D eigenvalue weighted by Crippen LogP contribution is 2.44. The minimum atomic E-state index is -3.17. The summed E-state index contributed by atoms with van der Waals surface area (Å²) in [6.45, 7) is 15.7. The maximum atomic E-state index is 13.2. The second-order valence-corrected chi connectivity index (χ2v) is 14.3. The molecule has 9 nitrogen and oxygen atoms in total. The first-order valence-electron chi connectivity index (χ1n) is 19.4. The lowest BCUT2D eigenvalue weighted by Gasteiger charge is -2.36. The number of hydrogen-bond acceptors (Lipinski definition) is 7. The molecule has 57 heavy (non-hydrogen) atoms. The smallest absolute Gasteiger partial charge is 0.282 e. The van der Waals surface area contributed by atoms with Crippen LogP contribution >= 0.6 is 0 Å². The van der Waals surface area contributed by atoms with Crippen LogP contribution in [0.5, 0.6) is 0 Å². The Morgan fingerprint density at radius 1 is 1.09 bits per heavy atom. The number of carbonyl (C=O) groups is 1. The van der Waals surface area contributed by atoms with Crippen LogP contribution in [0.2, 0.25) is 0 Å². The number of alkyl halides is 3. The summed E-state index contributed by atoms with van der Waals surface area (Å²) in [7, 11) is 0.